The van der Waals surface area contributed by atoms with Gasteiger partial charge in [0, 0.05) is 44.0 Å². The summed E-state index contributed by atoms with van der Waals surface area (Å²) >= 11 is 0. The first kappa shape index (κ1) is 39.3. The number of para-hydroxylation sites is 1. The summed E-state index contributed by atoms with van der Waals surface area (Å²) in [4.78, 5) is 20.8. The highest BCUT2D eigenvalue weighted by Crippen LogP contribution is 2.42. The largest absolute Gasteiger partial charge is 0.246 e. The van der Waals surface area contributed by atoms with Crippen LogP contribution in [0.5, 0.6) is 0 Å². The molecule has 0 bridgehead atoms. The molecule has 0 aliphatic rings. The molecule has 4 nitrogen and oxygen atoms in total. The van der Waals surface area contributed by atoms with Crippen LogP contribution in [0.4, 0.5) is 0 Å². The van der Waals surface area contributed by atoms with Gasteiger partial charge >= 0.3 is 0 Å². The Kier molecular flexibility index (Phi) is 9.47. The van der Waals surface area contributed by atoms with Crippen molar-refractivity contribution in [3.63, 3.8) is 0 Å². The molecule has 0 N–H and O–H groups in total. The minimum atomic E-state index is 0.612. The second-order valence-corrected chi connectivity index (χ2v) is 17.3. The van der Waals surface area contributed by atoms with Gasteiger partial charge in [-0.2, -0.15) is 0 Å². The van der Waals surface area contributed by atoms with Crippen LogP contribution in [0.25, 0.3) is 133 Å². The van der Waals surface area contributed by atoms with E-state index in [-0.39, 0.29) is 0 Å². The van der Waals surface area contributed by atoms with Crippen molar-refractivity contribution < 1.29 is 0 Å². The molecule has 2 heterocycles. The summed E-state index contributed by atoms with van der Waals surface area (Å²) in [5.41, 5.74) is 12.5. The fourth-order valence-electron chi connectivity index (χ4n) is 9.97. The average molecular weight is 865 g/mol. The topological polar surface area (TPSA) is 51.6 Å². The standard InChI is InChI=1S/C64H40N4/c1-3-15-41(16-4-1)48-21-13-22-50(39-48)64-67-62(46-18-5-2-6-19-46)66-63(68-64)47-35-31-43(32-36-47)53-27-14-28-56-59-52-24-10-7-17-42(52)37-38-57(59)60(65-61(53)56)45-33-29-44(30-34-45)58-40-49-20-8-9-23-51(49)54-25-11-12-26-55(54)58/h1-40H. The van der Waals surface area contributed by atoms with Gasteiger partial charge in [0.2, 0.25) is 0 Å². The van der Waals surface area contributed by atoms with Crippen LogP contribution >= 0.6 is 0 Å². The third-order valence-corrected chi connectivity index (χ3v) is 13.3. The molecule has 0 fully saturated rings. The van der Waals surface area contributed by atoms with Gasteiger partial charge in [0.15, 0.2) is 17.5 Å². The lowest BCUT2D eigenvalue weighted by Crippen LogP contribution is -2.00. The van der Waals surface area contributed by atoms with Gasteiger partial charge in [-0.1, -0.05) is 231 Å². The maximum absolute atomic E-state index is 5.62. The lowest BCUT2D eigenvalue weighted by atomic mass is 9.91. The first-order chi connectivity index (χ1) is 33.7. The van der Waals surface area contributed by atoms with Crippen LogP contribution in [0.3, 0.4) is 0 Å². The van der Waals surface area contributed by atoms with E-state index < -0.39 is 0 Å². The Labute approximate surface area is 393 Å². The Morgan fingerprint density at radius 1 is 0.221 bits per heavy atom. The summed E-state index contributed by atoms with van der Waals surface area (Å²) < 4.78 is 0. The minimum Gasteiger partial charge on any atom is -0.246 e. The smallest absolute Gasteiger partial charge is 0.164 e. The van der Waals surface area contributed by atoms with E-state index in [9.17, 15) is 0 Å². The molecule has 68 heavy (non-hydrogen) atoms. The molecular weight excluding hydrogens is 825 g/mol. The van der Waals surface area contributed by atoms with Crippen molar-refractivity contribution in [3.05, 3.63) is 243 Å². The van der Waals surface area contributed by atoms with Gasteiger partial charge in [0.1, 0.15) is 0 Å². The van der Waals surface area contributed by atoms with Crippen molar-refractivity contribution in [2.45, 2.75) is 0 Å². The maximum atomic E-state index is 5.62. The number of hydrogen-bond acceptors (Lipinski definition) is 4. The lowest BCUT2D eigenvalue weighted by Gasteiger charge is -2.16. The fraction of sp³-hybridized carbons (Fsp3) is 0. The average Bonchev–Trinajstić information content (AvgIpc) is 3.42. The molecule has 0 saturated carbocycles. The van der Waals surface area contributed by atoms with E-state index in [1.54, 1.807) is 0 Å². The fourth-order valence-corrected chi connectivity index (χ4v) is 9.97. The zero-order valence-corrected chi connectivity index (χ0v) is 36.9. The number of pyridine rings is 1. The van der Waals surface area contributed by atoms with Crippen molar-refractivity contribution in [2.24, 2.45) is 0 Å². The summed E-state index contributed by atoms with van der Waals surface area (Å²) in [5, 5.41) is 10.9. The van der Waals surface area contributed by atoms with Crippen LogP contribution in [-0.4, -0.2) is 19.9 Å². The molecule has 11 aromatic carbocycles. The minimum absolute atomic E-state index is 0.612. The predicted molar refractivity (Wildman–Crippen MR) is 283 cm³/mol. The van der Waals surface area contributed by atoms with Crippen LogP contribution in [-0.2, 0) is 0 Å². The van der Waals surface area contributed by atoms with Gasteiger partial charge in [-0.05, 0) is 72.3 Å². The van der Waals surface area contributed by atoms with E-state index in [1.807, 2.05) is 36.4 Å². The maximum Gasteiger partial charge on any atom is 0.164 e. The molecule has 0 saturated heterocycles. The second kappa shape index (κ2) is 16.4. The third kappa shape index (κ3) is 6.86. The molecule has 4 heteroatoms. The summed E-state index contributed by atoms with van der Waals surface area (Å²) in [5.74, 6) is 1.86. The molecule has 0 spiro atoms. The summed E-state index contributed by atoms with van der Waals surface area (Å²) in [6.45, 7) is 0. The Morgan fingerprint density at radius 2 is 0.721 bits per heavy atom. The van der Waals surface area contributed by atoms with Gasteiger partial charge in [-0.25, -0.2) is 19.9 Å². The molecule has 0 atom stereocenters. The predicted octanol–water partition coefficient (Wildman–Crippen LogP) is 16.7. The second-order valence-electron chi connectivity index (χ2n) is 17.3. The first-order valence-corrected chi connectivity index (χ1v) is 23.0. The Hall–Kier alpha value is -9.12. The highest BCUT2D eigenvalue weighted by Gasteiger charge is 2.18. The van der Waals surface area contributed by atoms with E-state index in [0.717, 1.165) is 66.5 Å². The molecule has 316 valence electrons. The highest BCUT2D eigenvalue weighted by atomic mass is 15.0. The number of hydrogen-bond donors (Lipinski definition) is 0. The number of rotatable bonds is 7. The van der Waals surface area contributed by atoms with Crippen molar-refractivity contribution >= 4 is 54.0 Å². The molecule has 0 aliphatic heterocycles. The Bertz CT molecular complexity index is 4050. The molecule has 13 rings (SSSR count). The quantitative estimate of drug-likeness (QED) is 0.150. The molecule has 13 aromatic rings. The number of benzene rings is 11. The molecule has 0 amide bonds. The van der Waals surface area contributed by atoms with Gasteiger partial charge in [-0.3, -0.25) is 0 Å². The zero-order valence-electron chi connectivity index (χ0n) is 36.9. The van der Waals surface area contributed by atoms with Gasteiger partial charge in [-0.15, -0.1) is 0 Å². The third-order valence-electron chi connectivity index (χ3n) is 13.3. The van der Waals surface area contributed by atoms with Crippen molar-refractivity contribution in [2.75, 3.05) is 0 Å². The molecule has 0 aliphatic carbocycles. The summed E-state index contributed by atoms with van der Waals surface area (Å²) in [6, 6.07) is 85.9. The number of nitrogens with zero attached hydrogens (tertiary/aromatic N) is 4. The van der Waals surface area contributed by atoms with E-state index in [2.05, 4.69) is 206 Å². The van der Waals surface area contributed by atoms with Crippen molar-refractivity contribution in [1.29, 1.82) is 0 Å². The van der Waals surface area contributed by atoms with Gasteiger partial charge in [0.25, 0.3) is 0 Å². The summed E-state index contributed by atoms with van der Waals surface area (Å²) in [6.07, 6.45) is 0. The van der Waals surface area contributed by atoms with E-state index in [4.69, 9.17) is 19.9 Å². The van der Waals surface area contributed by atoms with Crippen molar-refractivity contribution in [3.8, 4) is 78.8 Å². The molecule has 0 radical (unpaired) electrons. The molecule has 2 aromatic heterocycles. The van der Waals surface area contributed by atoms with Crippen LogP contribution in [0.1, 0.15) is 0 Å². The van der Waals surface area contributed by atoms with Crippen LogP contribution in [0.2, 0.25) is 0 Å². The Morgan fingerprint density at radius 3 is 1.46 bits per heavy atom. The van der Waals surface area contributed by atoms with Gasteiger partial charge < -0.3 is 0 Å². The van der Waals surface area contributed by atoms with Crippen LogP contribution in [0, 0.1) is 0 Å². The monoisotopic (exact) mass is 864 g/mol. The Balaban J connectivity index is 0.934. The first-order valence-electron chi connectivity index (χ1n) is 23.0. The number of fused-ring (bicyclic) bond motifs is 8. The normalized spacial score (nSPS) is 11.5. The number of aromatic nitrogens is 4. The van der Waals surface area contributed by atoms with Crippen molar-refractivity contribution in [1.82, 2.24) is 19.9 Å². The summed E-state index contributed by atoms with van der Waals surface area (Å²) in [7, 11) is 0. The van der Waals surface area contributed by atoms with Crippen LogP contribution < -0.4 is 0 Å². The SMILES string of the molecule is c1ccc(-c2cccc(-c3nc(-c4ccccc4)nc(-c4ccc(-c5cccc6c5nc(-c5ccc(-c7cc8ccccc8c8ccccc78)cc5)c5ccc7ccccc7c56)cc4)n3)c2)cc1. The van der Waals surface area contributed by atoms with E-state index in [0.29, 0.717) is 17.5 Å². The molecule has 0 unspecified atom stereocenters. The molecular formula is C64H40N4. The zero-order chi connectivity index (χ0) is 45.0. The van der Waals surface area contributed by atoms with Gasteiger partial charge in [0.05, 0.1) is 11.2 Å². The van der Waals surface area contributed by atoms with E-state index >= 15 is 0 Å². The van der Waals surface area contributed by atoms with Crippen LogP contribution in [0.15, 0.2) is 243 Å². The van der Waals surface area contributed by atoms with E-state index in [1.165, 1.54) is 48.8 Å². The lowest BCUT2D eigenvalue weighted by molar-refractivity contribution is 1.07. The highest BCUT2D eigenvalue weighted by molar-refractivity contribution is 6.24.